The van der Waals surface area contributed by atoms with Gasteiger partial charge in [0.2, 0.25) is 0 Å². The number of ether oxygens (including phenoxy) is 2. The predicted octanol–water partition coefficient (Wildman–Crippen LogP) is 3.01. The highest BCUT2D eigenvalue weighted by atomic mass is 16.7. The van der Waals surface area contributed by atoms with Crippen LogP contribution in [-0.4, -0.2) is 19.4 Å². The van der Waals surface area contributed by atoms with Gasteiger partial charge < -0.3 is 9.47 Å². The van der Waals surface area contributed by atoms with Gasteiger partial charge in [0.1, 0.15) is 0 Å². The van der Waals surface area contributed by atoms with Crippen LogP contribution in [0.3, 0.4) is 0 Å². The SMILES string of the molecule is CC1C2C=CC(C2)C1C(=O)OCOCC(C)(C)C. The molecule has 0 aromatic heterocycles. The van der Waals surface area contributed by atoms with E-state index in [1.807, 2.05) is 0 Å². The zero-order chi connectivity index (χ0) is 13.3. The average molecular weight is 252 g/mol. The van der Waals surface area contributed by atoms with Gasteiger partial charge in [0.05, 0.1) is 12.5 Å². The highest BCUT2D eigenvalue weighted by Gasteiger charge is 2.46. The van der Waals surface area contributed by atoms with E-state index in [9.17, 15) is 4.79 Å². The Balaban J connectivity index is 1.74. The number of carbonyl (C=O) groups is 1. The molecule has 2 aliphatic carbocycles. The van der Waals surface area contributed by atoms with Crippen LogP contribution in [0.2, 0.25) is 0 Å². The van der Waals surface area contributed by atoms with E-state index in [1.54, 1.807) is 0 Å². The molecule has 1 fully saturated rings. The molecular formula is C15H24O3. The summed E-state index contributed by atoms with van der Waals surface area (Å²) in [7, 11) is 0. The van der Waals surface area contributed by atoms with Crippen LogP contribution in [0.5, 0.6) is 0 Å². The van der Waals surface area contributed by atoms with Gasteiger partial charge in [-0.15, -0.1) is 0 Å². The molecule has 2 aliphatic rings. The van der Waals surface area contributed by atoms with E-state index in [0.717, 1.165) is 6.42 Å². The highest BCUT2D eigenvalue weighted by Crippen LogP contribution is 2.48. The van der Waals surface area contributed by atoms with Crippen molar-refractivity contribution >= 4 is 5.97 Å². The first kappa shape index (κ1) is 13.6. The van der Waals surface area contributed by atoms with Crippen LogP contribution in [0.15, 0.2) is 12.2 Å². The van der Waals surface area contributed by atoms with E-state index in [2.05, 4.69) is 39.8 Å². The number of fused-ring (bicyclic) bond motifs is 2. The molecule has 4 atom stereocenters. The minimum Gasteiger partial charge on any atom is -0.438 e. The summed E-state index contributed by atoms with van der Waals surface area (Å²) in [4.78, 5) is 12.0. The van der Waals surface area contributed by atoms with Gasteiger partial charge in [-0.2, -0.15) is 0 Å². The molecule has 0 amide bonds. The van der Waals surface area contributed by atoms with Crippen LogP contribution in [0.1, 0.15) is 34.1 Å². The Morgan fingerprint density at radius 2 is 1.94 bits per heavy atom. The molecule has 0 saturated heterocycles. The molecule has 0 radical (unpaired) electrons. The highest BCUT2D eigenvalue weighted by molar-refractivity contribution is 5.74. The van der Waals surface area contributed by atoms with Crippen molar-refractivity contribution in [2.45, 2.75) is 34.1 Å². The summed E-state index contributed by atoms with van der Waals surface area (Å²) < 4.78 is 10.6. The van der Waals surface area contributed by atoms with Crippen LogP contribution < -0.4 is 0 Å². The lowest BCUT2D eigenvalue weighted by Crippen LogP contribution is -2.28. The van der Waals surface area contributed by atoms with Crippen molar-refractivity contribution in [2.24, 2.45) is 29.1 Å². The van der Waals surface area contributed by atoms with Crippen LogP contribution in [0.4, 0.5) is 0 Å². The Morgan fingerprint density at radius 3 is 2.50 bits per heavy atom. The van der Waals surface area contributed by atoms with E-state index in [4.69, 9.17) is 9.47 Å². The first-order chi connectivity index (χ1) is 8.38. The van der Waals surface area contributed by atoms with Gasteiger partial charge in [0, 0.05) is 0 Å². The molecule has 0 spiro atoms. The summed E-state index contributed by atoms with van der Waals surface area (Å²) in [5, 5.41) is 0. The smallest absolute Gasteiger partial charge is 0.311 e. The first-order valence-electron chi connectivity index (χ1n) is 6.81. The van der Waals surface area contributed by atoms with Crippen molar-refractivity contribution in [1.29, 1.82) is 0 Å². The minimum atomic E-state index is -0.0896. The van der Waals surface area contributed by atoms with E-state index in [1.165, 1.54) is 0 Å². The van der Waals surface area contributed by atoms with Crippen molar-refractivity contribution in [3.63, 3.8) is 0 Å². The molecule has 1 saturated carbocycles. The molecule has 0 aromatic carbocycles. The third kappa shape index (κ3) is 2.94. The van der Waals surface area contributed by atoms with Crippen LogP contribution >= 0.6 is 0 Å². The number of hydrogen-bond acceptors (Lipinski definition) is 3. The fourth-order valence-corrected chi connectivity index (χ4v) is 3.00. The number of rotatable bonds is 4. The molecule has 3 heteroatoms. The van der Waals surface area contributed by atoms with Crippen molar-refractivity contribution in [3.8, 4) is 0 Å². The van der Waals surface area contributed by atoms with Gasteiger partial charge in [-0.05, 0) is 29.6 Å². The molecule has 0 aliphatic heterocycles. The molecular weight excluding hydrogens is 228 g/mol. The monoisotopic (exact) mass is 252 g/mol. The Hall–Kier alpha value is -0.830. The lowest BCUT2D eigenvalue weighted by molar-refractivity contribution is -0.165. The Bertz CT molecular complexity index is 340. The molecule has 0 N–H and O–H groups in total. The maximum atomic E-state index is 12.0. The van der Waals surface area contributed by atoms with E-state index >= 15 is 0 Å². The van der Waals surface area contributed by atoms with Gasteiger partial charge in [0.25, 0.3) is 0 Å². The quantitative estimate of drug-likeness (QED) is 0.334. The second kappa shape index (κ2) is 5.04. The van der Waals surface area contributed by atoms with Crippen LogP contribution in [0.25, 0.3) is 0 Å². The Morgan fingerprint density at radius 1 is 1.28 bits per heavy atom. The molecule has 2 rings (SSSR count). The molecule has 2 bridgehead atoms. The third-order valence-electron chi connectivity index (χ3n) is 3.94. The summed E-state index contributed by atoms with van der Waals surface area (Å²) in [5.41, 5.74) is 0.106. The molecule has 3 nitrogen and oxygen atoms in total. The van der Waals surface area contributed by atoms with Crippen LogP contribution in [-0.2, 0) is 14.3 Å². The number of allylic oxidation sites excluding steroid dienone is 2. The minimum absolute atomic E-state index is 0.0400. The number of carbonyl (C=O) groups excluding carboxylic acids is 1. The maximum Gasteiger partial charge on any atom is 0.311 e. The summed E-state index contributed by atoms with van der Waals surface area (Å²) in [6.07, 6.45) is 5.53. The van der Waals surface area contributed by atoms with Crippen molar-refractivity contribution in [3.05, 3.63) is 12.2 Å². The van der Waals surface area contributed by atoms with Crippen molar-refractivity contribution in [2.75, 3.05) is 13.4 Å². The largest absolute Gasteiger partial charge is 0.438 e. The summed E-state index contributed by atoms with van der Waals surface area (Å²) in [5.74, 6) is 1.32. The van der Waals surface area contributed by atoms with Gasteiger partial charge >= 0.3 is 5.97 Å². The summed E-state index contributed by atoms with van der Waals surface area (Å²) >= 11 is 0. The van der Waals surface area contributed by atoms with Crippen molar-refractivity contribution in [1.82, 2.24) is 0 Å². The van der Waals surface area contributed by atoms with E-state index in [-0.39, 0.29) is 24.1 Å². The van der Waals surface area contributed by atoms with E-state index < -0.39 is 0 Å². The second-order valence-electron chi connectivity index (χ2n) is 6.82. The Labute approximate surface area is 110 Å². The lowest BCUT2D eigenvalue weighted by atomic mass is 9.84. The van der Waals surface area contributed by atoms with Crippen molar-refractivity contribution < 1.29 is 14.3 Å². The normalized spacial score (nSPS) is 34.0. The zero-order valence-corrected chi connectivity index (χ0v) is 11.8. The van der Waals surface area contributed by atoms with Gasteiger partial charge in [-0.3, -0.25) is 4.79 Å². The molecule has 102 valence electrons. The fraction of sp³-hybridized carbons (Fsp3) is 0.800. The topological polar surface area (TPSA) is 35.5 Å². The summed E-state index contributed by atoms with van der Waals surface area (Å²) in [6, 6.07) is 0. The van der Waals surface area contributed by atoms with E-state index in [0.29, 0.717) is 24.4 Å². The van der Waals surface area contributed by atoms with Gasteiger partial charge in [-0.25, -0.2) is 0 Å². The zero-order valence-electron chi connectivity index (χ0n) is 11.8. The third-order valence-corrected chi connectivity index (χ3v) is 3.94. The number of esters is 1. The predicted molar refractivity (Wildman–Crippen MR) is 69.8 cm³/mol. The van der Waals surface area contributed by atoms with Gasteiger partial charge in [-0.1, -0.05) is 39.8 Å². The standard InChI is InChI=1S/C15H24O3/c1-10-11-5-6-12(7-11)13(10)14(16)18-9-17-8-15(2,3)4/h5-6,10-13H,7-9H2,1-4H3. The molecule has 4 unspecified atom stereocenters. The summed E-state index contributed by atoms with van der Waals surface area (Å²) in [6.45, 7) is 9.12. The maximum absolute atomic E-state index is 12.0. The van der Waals surface area contributed by atoms with Gasteiger partial charge in [0.15, 0.2) is 6.79 Å². The van der Waals surface area contributed by atoms with Crippen LogP contribution in [0, 0.1) is 29.1 Å². The molecule has 0 aromatic rings. The lowest BCUT2D eigenvalue weighted by Gasteiger charge is -2.23. The molecule has 0 heterocycles. The molecule has 18 heavy (non-hydrogen) atoms. The second-order valence-corrected chi connectivity index (χ2v) is 6.82. The Kier molecular flexibility index (Phi) is 3.81. The average Bonchev–Trinajstić information content (AvgIpc) is 2.83. The fourth-order valence-electron chi connectivity index (χ4n) is 3.00. The number of hydrogen-bond donors (Lipinski definition) is 0. The first-order valence-corrected chi connectivity index (χ1v) is 6.81.